The Labute approximate surface area is 110 Å². The molecule has 1 aliphatic rings. The van der Waals surface area contributed by atoms with Crippen LogP contribution < -0.4 is 0 Å². The van der Waals surface area contributed by atoms with E-state index >= 15 is 0 Å². The van der Waals surface area contributed by atoms with Crippen LogP contribution in [-0.4, -0.2) is 22.8 Å². The van der Waals surface area contributed by atoms with Crippen molar-refractivity contribution in [2.24, 2.45) is 0 Å². The van der Waals surface area contributed by atoms with Gasteiger partial charge in [-0.1, -0.05) is 17.7 Å². The fraction of sp³-hybridized carbons (Fsp3) is 0.562. The Morgan fingerprint density at radius 3 is 2.17 bits per heavy atom. The molecule has 2 nitrogen and oxygen atoms in total. The summed E-state index contributed by atoms with van der Waals surface area (Å²) in [7, 11) is 0. The molecule has 1 saturated heterocycles. The van der Waals surface area contributed by atoms with E-state index < -0.39 is 0 Å². The number of aryl methyl sites for hydroxylation is 3. The standard InChI is InChI=1S/C16H23NO/c1-11-6-12(2)15(13(3)7-11)10-17-9-14(18)8-16(17,4)5/h6-7H,8-10H2,1-5H3. The lowest BCUT2D eigenvalue weighted by molar-refractivity contribution is -0.117. The molecule has 0 unspecified atom stereocenters. The average Bonchev–Trinajstić information content (AvgIpc) is 2.45. The van der Waals surface area contributed by atoms with Crippen molar-refractivity contribution < 1.29 is 4.79 Å². The highest BCUT2D eigenvalue weighted by atomic mass is 16.1. The van der Waals surface area contributed by atoms with E-state index in [4.69, 9.17) is 0 Å². The second-order valence-electron chi connectivity index (χ2n) is 6.26. The summed E-state index contributed by atoms with van der Waals surface area (Å²) in [6, 6.07) is 4.46. The molecule has 0 saturated carbocycles. The number of hydrogen-bond donors (Lipinski definition) is 0. The Bertz CT molecular complexity index is 465. The number of likely N-dealkylation sites (tertiary alicyclic amines) is 1. The summed E-state index contributed by atoms with van der Waals surface area (Å²) in [4.78, 5) is 13.9. The van der Waals surface area contributed by atoms with Crippen LogP contribution in [0, 0.1) is 20.8 Å². The predicted molar refractivity (Wildman–Crippen MR) is 74.8 cm³/mol. The molecule has 0 aromatic heterocycles. The second-order valence-corrected chi connectivity index (χ2v) is 6.26. The molecule has 1 aromatic carbocycles. The summed E-state index contributed by atoms with van der Waals surface area (Å²) in [5.74, 6) is 0.363. The molecule has 1 aromatic rings. The van der Waals surface area contributed by atoms with E-state index in [1.54, 1.807) is 0 Å². The Hall–Kier alpha value is -1.15. The second kappa shape index (κ2) is 4.51. The van der Waals surface area contributed by atoms with Gasteiger partial charge in [-0.15, -0.1) is 0 Å². The van der Waals surface area contributed by atoms with Crippen molar-refractivity contribution in [1.29, 1.82) is 0 Å². The molecule has 0 bridgehead atoms. The van der Waals surface area contributed by atoms with Gasteiger partial charge in [0.05, 0.1) is 6.54 Å². The SMILES string of the molecule is Cc1cc(C)c(CN2CC(=O)CC2(C)C)c(C)c1. The first-order valence-corrected chi connectivity index (χ1v) is 6.63. The van der Waals surface area contributed by atoms with Crippen LogP contribution in [-0.2, 0) is 11.3 Å². The fourth-order valence-electron chi connectivity index (χ4n) is 3.00. The molecule has 1 fully saturated rings. The monoisotopic (exact) mass is 245 g/mol. The summed E-state index contributed by atoms with van der Waals surface area (Å²) in [5, 5.41) is 0. The van der Waals surface area contributed by atoms with Crippen LogP contribution in [0.3, 0.4) is 0 Å². The maximum Gasteiger partial charge on any atom is 0.148 e. The largest absolute Gasteiger partial charge is 0.298 e. The van der Waals surface area contributed by atoms with Crippen LogP contribution in [0.15, 0.2) is 12.1 Å². The van der Waals surface area contributed by atoms with E-state index in [0.717, 1.165) is 6.54 Å². The van der Waals surface area contributed by atoms with Gasteiger partial charge in [-0.05, 0) is 51.3 Å². The first-order chi connectivity index (χ1) is 8.29. The van der Waals surface area contributed by atoms with Gasteiger partial charge in [0.2, 0.25) is 0 Å². The summed E-state index contributed by atoms with van der Waals surface area (Å²) in [5.41, 5.74) is 5.36. The van der Waals surface area contributed by atoms with E-state index in [2.05, 4.69) is 51.7 Å². The van der Waals surface area contributed by atoms with Crippen molar-refractivity contribution in [2.45, 2.75) is 53.1 Å². The first-order valence-electron chi connectivity index (χ1n) is 6.63. The minimum atomic E-state index is 0.000843. The predicted octanol–water partition coefficient (Wildman–Crippen LogP) is 3.17. The average molecular weight is 245 g/mol. The van der Waals surface area contributed by atoms with Gasteiger partial charge in [-0.25, -0.2) is 0 Å². The van der Waals surface area contributed by atoms with Crippen LogP contribution in [0.5, 0.6) is 0 Å². The Kier molecular flexibility index (Phi) is 3.33. The number of rotatable bonds is 2. The first kappa shape index (κ1) is 13.3. The van der Waals surface area contributed by atoms with Crippen LogP contribution in [0.2, 0.25) is 0 Å². The molecule has 0 amide bonds. The molecule has 18 heavy (non-hydrogen) atoms. The summed E-state index contributed by atoms with van der Waals surface area (Å²) in [6.45, 7) is 12.3. The third-order valence-electron chi connectivity index (χ3n) is 4.04. The van der Waals surface area contributed by atoms with Crippen molar-refractivity contribution in [1.82, 2.24) is 4.90 Å². The maximum absolute atomic E-state index is 11.6. The normalized spacial score (nSPS) is 19.5. The third-order valence-corrected chi connectivity index (χ3v) is 4.04. The molecule has 0 atom stereocenters. The molecular weight excluding hydrogens is 222 g/mol. The van der Waals surface area contributed by atoms with E-state index in [1.165, 1.54) is 22.3 Å². The zero-order valence-electron chi connectivity index (χ0n) is 12.1. The van der Waals surface area contributed by atoms with E-state index in [1.807, 2.05) is 0 Å². The molecule has 2 rings (SSSR count). The van der Waals surface area contributed by atoms with E-state index in [9.17, 15) is 4.79 Å². The van der Waals surface area contributed by atoms with Crippen molar-refractivity contribution >= 4 is 5.78 Å². The molecule has 0 N–H and O–H groups in total. The summed E-state index contributed by atoms with van der Waals surface area (Å²) >= 11 is 0. The molecule has 1 aliphatic heterocycles. The topological polar surface area (TPSA) is 20.3 Å². The summed E-state index contributed by atoms with van der Waals surface area (Å²) in [6.07, 6.45) is 0.678. The molecule has 2 heteroatoms. The number of hydrogen-bond acceptors (Lipinski definition) is 2. The number of ketones is 1. The minimum absolute atomic E-state index is 0.000843. The van der Waals surface area contributed by atoms with Crippen molar-refractivity contribution in [3.05, 3.63) is 34.4 Å². The Morgan fingerprint density at radius 2 is 1.72 bits per heavy atom. The Balaban J connectivity index is 2.27. The number of Topliss-reactive ketones (excluding diaryl/α,β-unsaturated/α-hetero) is 1. The van der Waals surface area contributed by atoms with Crippen LogP contribution in [0.25, 0.3) is 0 Å². The highest BCUT2D eigenvalue weighted by Gasteiger charge is 2.37. The number of benzene rings is 1. The zero-order chi connectivity index (χ0) is 13.5. The van der Waals surface area contributed by atoms with Crippen molar-refractivity contribution in [2.75, 3.05) is 6.54 Å². The minimum Gasteiger partial charge on any atom is -0.298 e. The number of carbonyl (C=O) groups excluding carboxylic acids is 1. The lowest BCUT2D eigenvalue weighted by Crippen LogP contribution is -2.37. The summed E-state index contributed by atoms with van der Waals surface area (Å²) < 4.78 is 0. The van der Waals surface area contributed by atoms with Gasteiger partial charge >= 0.3 is 0 Å². The smallest absolute Gasteiger partial charge is 0.148 e. The maximum atomic E-state index is 11.6. The van der Waals surface area contributed by atoms with Gasteiger partial charge in [0, 0.05) is 18.5 Å². The van der Waals surface area contributed by atoms with Gasteiger partial charge in [0.25, 0.3) is 0 Å². The van der Waals surface area contributed by atoms with Crippen molar-refractivity contribution in [3.63, 3.8) is 0 Å². The van der Waals surface area contributed by atoms with Gasteiger partial charge in [-0.3, -0.25) is 9.69 Å². The number of carbonyl (C=O) groups is 1. The lowest BCUT2D eigenvalue weighted by atomic mass is 9.97. The highest BCUT2D eigenvalue weighted by Crippen LogP contribution is 2.29. The van der Waals surface area contributed by atoms with E-state index in [0.29, 0.717) is 18.7 Å². The molecule has 0 radical (unpaired) electrons. The van der Waals surface area contributed by atoms with Gasteiger partial charge in [0.15, 0.2) is 0 Å². The van der Waals surface area contributed by atoms with E-state index in [-0.39, 0.29) is 5.54 Å². The lowest BCUT2D eigenvalue weighted by Gasteiger charge is -2.31. The molecule has 0 aliphatic carbocycles. The zero-order valence-corrected chi connectivity index (χ0v) is 12.1. The highest BCUT2D eigenvalue weighted by molar-refractivity contribution is 5.84. The van der Waals surface area contributed by atoms with Crippen LogP contribution in [0.1, 0.15) is 42.5 Å². The third kappa shape index (κ3) is 2.49. The molecule has 98 valence electrons. The molecular formula is C16H23NO. The Morgan fingerprint density at radius 1 is 1.17 bits per heavy atom. The van der Waals surface area contributed by atoms with Crippen LogP contribution in [0.4, 0.5) is 0 Å². The fourth-order valence-corrected chi connectivity index (χ4v) is 3.00. The van der Waals surface area contributed by atoms with Gasteiger partial charge in [0.1, 0.15) is 5.78 Å². The van der Waals surface area contributed by atoms with Gasteiger partial charge in [-0.2, -0.15) is 0 Å². The number of nitrogens with zero attached hydrogens (tertiary/aromatic N) is 1. The van der Waals surface area contributed by atoms with Gasteiger partial charge < -0.3 is 0 Å². The van der Waals surface area contributed by atoms with Crippen LogP contribution >= 0.6 is 0 Å². The quantitative estimate of drug-likeness (QED) is 0.797. The van der Waals surface area contributed by atoms with Crippen molar-refractivity contribution in [3.8, 4) is 0 Å². The molecule has 0 spiro atoms. The molecule has 1 heterocycles.